The van der Waals surface area contributed by atoms with Crippen molar-refractivity contribution in [2.45, 2.75) is 26.9 Å². The Balaban J connectivity index is 0.00000392. The highest BCUT2D eigenvalue weighted by atomic mass is 127. The van der Waals surface area contributed by atoms with E-state index in [1.165, 1.54) is 20.3 Å². The maximum absolute atomic E-state index is 13.7. The van der Waals surface area contributed by atoms with Gasteiger partial charge >= 0.3 is 0 Å². The van der Waals surface area contributed by atoms with Gasteiger partial charge in [-0.1, -0.05) is 12.1 Å². The van der Waals surface area contributed by atoms with Crippen molar-refractivity contribution in [2.75, 3.05) is 20.8 Å². The van der Waals surface area contributed by atoms with E-state index in [-0.39, 0.29) is 35.5 Å². The van der Waals surface area contributed by atoms with Crippen LogP contribution in [-0.2, 0) is 13.1 Å². The molecule has 28 heavy (non-hydrogen) atoms. The van der Waals surface area contributed by atoms with Crippen LogP contribution in [0.3, 0.4) is 0 Å². The summed E-state index contributed by atoms with van der Waals surface area (Å²) in [6.07, 6.45) is 0. The molecule has 0 aliphatic carbocycles. The number of hydrogen-bond donors (Lipinski definition) is 3. The van der Waals surface area contributed by atoms with Crippen molar-refractivity contribution in [3.8, 4) is 17.2 Å². The summed E-state index contributed by atoms with van der Waals surface area (Å²) in [4.78, 5) is 4.53. The highest BCUT2D eigenvalue weighted by molar-refractivity contribution is 14.0. The van der Waals surface area contributed by atoms with Crippen molar-refractivity contribution >= 4 is 29.9 Å². The van der Waals surface area contributed by atoms with E-state index in [9.17, 15) is 9.50 Å². The number of halogens is 2. The van der Waals surface area contributed by atoms with Gasteiger partial charge in [0, 0.05) is 13.1 Å². The monoisotopic (exact) mass is 503 g/mol. The molecule has 3 N–H and O–H groups in total. The summed E-state index contributed by atoms with van der Waals surface area (Å²) in [5.41, 5.74) is 2.27. The number of phenols is 1. The fraction of sp³-hybridized carbons (Fsp3) is 0.350. The van der Waals surface area contributed by atoms with Crippen LogP contribution in [0.5, 0.6) is 17.2 Å². The number of aryl methyl sites for hydroxylation is 1. The predicted octanol–water partition coefficient (Wildman–Crippen LogP) is 3.73. The Kier molecular flexibility index (Phi) is 9.84. The van der Waals surface area contributed by atoms with Crippen molar-refractivity contribution in [3.05, 3.63) is 52.8 Å². The molecule has 0 fully saturated rings. The average molecular weight is 503 g/mol. The minimum absolute atomic E-state index is 0. The molecule has 154 valence electrons. The van der Waals surface area contributed by atoms with Crippen LogP contribution < -0.4 is 20.1 Å². The molecule has 0 saturated heterocycles. The number of nitrogens with zero attached hydrogens (tertiary/aromatic N) is 1. The van der Waals surface area contributed by atoms with Gasteiger partial charge in [-0.2, -0.15) is 0 Å². The van der Waals surface area contributed by atoms with Crippen LogP contribution in [0.15, 0.2) is 35.3 Å². The van der Waals surface area contributed by atoms with E-state index < -0.39 is 0 Å². The van der Waals surface area contributed by atoms with Gasteiger partial charge in [0.2, 0.25) is 5.75 Å². The summed E-state index contributed by atoms with van der Waals surface area (Å²) in [5.74, 6) is 0.989. The minimum Gasteiger partial charge on any atom is -0.502 e. The molecule has 0 radical (unpaired) electrons. The van der Waals surface area contributed by atoms with Gasteiger partial charge in [0.1, 0.15) is 5.82 Å². The fourth-order valence-corrected chi connectivity index (χ4v) is 2.48. The van der Waals surface area contributed by atoms with Crippen LogP contribution in [0, 0.1) is 12.7 Å². The van der Waals surface area contributed by atoms with Crippen LogP contribution in [0.25, 0.3) is 0 Å². The Labute approximate surface area is 182 Å². The smallest absolute Gasteiger partial charge is 0.200 e. The lowest BCUT2D eigenvalue weighted by Crippen LogP contribution is -2.36. The second-order valence-electron chi connectivity index (χ2n) is 5.98. The van der Waals surface area contributed by atoms with Crippen molar-refractivity contribution in [1.29, 1.82) is 0 Å². The fourth-order valence-electron chi connectivity index (χ4n) is 2.48. The summed E-state index contributed by atoms with van der Waals surface area (Å²) in [6.45, 7) is 5.19. The molecule has 2 aromatic carbocycles. The number of aromatic hydroxyl groups is 1. The average Bonchev–Trinajstić information content (AvgIpc) is 2.67. The first-order valence-corrected chi connectivity index (χ1v) is 8.69. The zero-order chi connectivity index (χ0) is 19.8. The standard InChI is InChI=1S/C20H26FN3O3.HI/c1-5-22-20(23-11-14-7-6-13(2)16(21)8-14)24-12-15-9-17(26-3)19(25)18(10-15)27-4;/h6-10,25H,5,11-12H2,1-4H3,(H2,22,23,24);1H. The second-order valence-corrected chi connectivity index (χ2v) is 5.98. The Bertz CT molecular complexity index is 790. The summed E-state index contributed by atoms with van der Waals surface area (Å²) >= 11 is 0. The highest BCUT2D eigenvalue weighted by Crippen LogP contribution is 2.37. The van der Waals surface area contributed by atoms with Gasteiger partial charge in [0.05, 0.1) is 20.8 Å². The Hall–Kier alpha value is -2.23. The molecule has 6 nitrogen and oxygen atoms in total. The van der Waals surface area contributed by atoms with E-state index in [2.05, 4.69) is 15.6 Å². The maximum atomic E-state index is 13.7. The van der Waals surface area contributed by atoms with E-state index in [1.807, 2.05) is 13.0 Å². The first kappa shape index (κ1) is 23.8. The SMILES string of the molecule is CCNC(=NCc1cc(OC)c(O)c(OC)c1)NCc1ccc(C)c(F)c1.I. The van der Waals surface area contributed by atoms with E-state index in [1.54, 1.807) is 25.1 Å². The lowest BCUT2D eigenvalue weighted by atomic mass is 10.1. The molecule has 0 bridgehead atoms. The number of ether oxygens (including phenoxy) is 2. The van der Waals surface area contributed by atoms with Gasteiger partial charge in [-0.25, -0.2) is 9.38 Å². The van der Waals surface area contributed by atoms with Gasteiger partial charge < -0.3 is 25.2 Å². The first-order chi connectivity index (χ1) is 13.0. The van der Waals surface area contributed by atoms with Crippen molar-refractivity contribution in [3.63, 3.8) is 0 Å². The van der Waals surface area contributed by atoms with Crippen LogP contribution >= 0.6 is 24.0 Å². The van der Waals surface area contributed by atoms with Gasteiger partial charge in [0.25, 0.3) is 0 Å². The van der Waals surface area contributed by atoms with Crippen LogP contribution in [0.4, 0.5) is 4.39 Å². The van der Waals surface area contributed by atoms with Gasteiger partial charge in [-0.05, 0) is 48.7 Å². The van der Waals surface area contributed by atoms with Gasteiger partial charge in [-0.15, -0.1) is 24.0 Å². The molecule has 0 atom stereocenters. The van der Waals surface area contributed by atoms with Crippen LogP contribution in [0.1, 0.15) is 23.6 Å². The zero-order valence-electron chi connectivity index (χ0n) is 16.5. The van der Waals surface area contributed by atoms with E-state index in [4.69, 9.17) is 9.47 Å². The Morgan fingerprint density at radius 2 is 1.71 bits per heavy atom. The third kappa shape index (κ3) is 6.43. The van der Waals surface area contributed by atoms with E-state index in [0.29, 0.717) is 42.7 Å². The Morgan fingerprint density at radius 1 is 1.07 bits per heavy atom. The van der Waals surface area contributed by atoms with Crippen molar-refractivity contribution in [2.24, 2.45) is 4.99 Å². The molecule has 8 heteroatoms. The van der Waals surface area contributed by atoms with Gasteiger partial charge in [-0.3, -0.25) is 0 Å². The second kappa shape index (κ2) is 11.6. The Morgan fingerprint density at radius 3 is 2.25 bits per heavy atom. The number of aliphatic imine (C=N–C) groups is 1. The number of phenolic OH excluding ortho intramolecular Hbond substituents is 1. The molecule has 0 spiro atoms. The third-order valence-electron chi connectivity index (χ3n) is 4.00. The lowest BCUT2D eigenvalue weighted by Gasteiger charge is -2.13. The molecular formula is C20H27FIN3O3. The summed E-state index contributed by atoms with van der Waals surface area (Å²) in [6, 6.07) is 8.57. The summed E-state index contributed by atoms with van der Waals surface area (Å²) in [5, 5.41) is 16.3. The van der Waals surface area contributed by atoms with Gasteiger partial charge in [0.15, 0.2) is 17.5 Å². The third-order valence-corrected chi connectivity index (χ3v) is 4.00. The van der Waals surface area contributed by atoms with Crippen molar-refractivity contribution < 1.29 is 19.0 Å². The largest absolute Gasteiger partial charge is 0.502 e. The molecule has 2 aromatic rings. The highest BCUT2D eigenvalue weighted by Gasteiger charge is 2.11. The maximum Gasteiger partial charge on any atom is 0.200 e. The molecular weight excluding hydrogens is 476 g/mol. The summed E-state index contributed by atoms with van der Waals surface area (Å²) < 4.78 is 24.0. The number of benzene rings is 2. The van der Waals surface area contributed by atoms with Crippen LogP contribution in [-0.4, -0.2) is 31.8 Å². The minimum atomic E-state index is -0.223. The van der Waals surface area contributed by atoms with E-state index in [0.717, 1.165) is 11.1 Å². The van der Waals surface area contributed by atoms with E-state index >= 15 is 0 Å². The number of guanidine groups is 1. The predicted molar refractivity (Wildman–Crippen MR) is 119 cm³/mol. The number of hydrogen-bond acceptors (Lipinski definition) is 4. The molecule has 0 heterocycles. The molecule has 0 aliphatic heterocycles. The molecule has 0 aromatic heterocycles. The molecule has 0 amide bonds. The number of nitrogens with one attached hydrogen (secondary N) is 2. The molecule has 0 aliphatic rings. The quantitative estimate of drug-likeness (QED) is 0.305. The lowest BCUT2D eigenvalue weighted by molar-refractivity contribution is 0.339. The van der Waals surface area contributed by atoms with Crippen molar-refractivity contribution in [1.82, 2.24) is 10.6 Å². The molecule has 0 unspecified atom stereocenters. The normalized spacial score (nSPS) is 10.8. The van der Waals surface area contributed by atoms with Crippen LogP contribution in [0.2, 0.25) is 0 Å². The molecule has 0 saturated carbocycles. The first-order valence-electron chi connectivity index (χ1n) is 8.69. The number of methoxy groups -OCH3 is 2. The zero-order valence-corrected chi connectivity index (χ0v) is 18.8. The topological polar surface area (TPSA) is 75.1 Å². The number of rotatable bonds is 7. The molecule has 2 rings (SSSR count). The summed E-state index contributed by atoms with van der Waals surface area (Å²) in [7, 11) is 2.96.